The number of carbonyl (C=O) groups excluding carboxylic acids is 1. The Labute approximate surface area is 224 Å². The van der Waals surface area contributed by atoms with Gasteiger partial charge in [-0.25, -0.2) is 0 Å². The lowest BCUT2D eigenvalue weighted by atomic mass is 9.93. The van der Waals surface area contributed by atoms with E-state index in [2.05, 4.69) is 0 Å². The Balaban J connectivity index is 1.47. The van der Waals surface area contributed by atoms with Crippen LogP contribution in [0.25, 0.3) is 5.69 Å². The van der Waals surface area contributed by atoms with Gasteiger partial charge in [0.15, 0.2) is 0 Å². The summed E-state index contributed by atoms with van der Waals surface area (Å²) in [4.78, 5) is 26.2. The molecule has 0 saturated carbocycles. The third-order valence-corrected chi connectivity index (χ3v) is 8.07. The minimum atomic E-state index is -0.794. The SMILES string of the molecule is O=C(O)CC1CCN(C(=O)C[C@H]2O[C@H](c3cccc(Cl)c3Cl)c3cc(Cl)ccc3-n3cccc32)CC1. The second-order valence-corrected chi connectivity index (χ2v) is 10.5. The van der Waals surface area contributed by atoms with Crippen LogP contribution in [-0.2, 0) is 14.3 Å². The molecule has 5 rings (SSSR count). The van der Waals surface area contributed by atoms with Gasteiger partial charge in [-0.05, 0) is 55.2 Å². The van der Waals surface area contributed by atoms with E-state index in [0.717, 1.165) is 16.9 Å². The van der Waals surface area contributed by atoms with Gasteiger partial charge in [-0.1, -0.05) is 46.9 Å². The second-order valence-electron chi connectivity index (χ2n) is 9.28. The molecule has 2 atom stereocenters. The highest BCUT2D eigenvalue weighted by atomic mass is 35.5. The number of hydrogen-bond acceptors (Lipinski definition) is 3. The zero-order valence-electron chi connectivity index (χ0n) is 19.4. The minimum Gasteiger partial charge on any atom is -0.481 e. The van der Waals surface area contributed by atoms with Crippen molar-refractivity contribution in [1.29, 1.82) is 0 Å². The Morgan fingerprint density at radius 2 is 1.75 bits per heavy atom. The number of fused-ring (bicyclic) bond motifs is 3. The fourth-order valence-corrected chi connectivity index (χ4v) is 5.76. The summed E-state index contributed by atoms with van der Waals surface area (Å²) in [6.07, 6.45) is 2.46. The topological polar surface area (TPSA) is 71.8 Å². The average molecular weight is 548 g/mol. The van der Waals surface area contributed by atoms with Gasteiger partial charge in [0.25, 0.3) is 0 Å². The Morgan fingerprint density at radius 3 is 2.50 bits per heavy atom. The summed E-state index contributed by atoms with van der Waals surface area (Å²) in [6.45, 7) is 1.09. The van der Waals surface area contributed by atoms with Crippen molar-refractivity contribution >= 4 is 46.7 Å². The molecule has 0 unspecified atom stereocenters. The molecule has 1 N–H and O–H groups in total. The Bertz CT molecular complexity index is 1300. The van der Waals surface area contributed by atoms with Crippen molar-refractivity contribution in [3.05, 3.63) is 86.6 Å². The molecule has 2 aromatic carbocycles. The summed E-state index contributed by atoms with van der Waals surface area (Å²) in [5, 5.41) is 10.5. The van der Waals surface area contributed by atoms with Gasteiger partial charge in [-0.2, -0.15) is 0 Å². The lowest BCUT2D eigenvalue weighted by Crippen LogP contribution is -2.39. The lowest BCUT2D eigenvalue weighted by Gasteiger charge is -2.32. The number of halogens is 3. The van der Waals surface area contributed by atoms with E-state index >= 15 is 0 Å². The summed E-state index contributed by atoms with van der Waals surface area (Å²) < 4.78 is 8.72. The molecule has 3 heterocycles. The first kappa shape index (κ1) is 25.2. The molecule has 2 aliphatic rings. The molecule has 1 amide bonds. The fraction of sp³-hybridized carbons (Fsp3) is 0.333. The van der Waals surface area contributed by atoms with E-state index in [9.17, 15) is 9.59 Å². The third-order valence-electron chi connectivity index (χ3n) is 7.00. The molecule has 2 aliphatic heterocycles. The smallest absolute Gasteiger partial charge is 0.303 e. The summed E-state index contributed by atoms with van der Waals surface area (Å²) >= 11 is 19.4. The third kappa shape index (κ3) is 5.00. The quantitative estimate of drug-likeness (QED) is 0.386. The van der Waals surface area contributed by atoms with Crippen LogP contribution in [-0.4, -0.2) is 39.5 Å². The molecule has 1 aromatic heterocycles. The first-order valence-corrected chi connectivity index (χ1v) is 13.0. The van der Waals surface area contributed by atoms with E-state index in [1.807, 2.05) is 58.1 Å². The van der Waals surface area contributed by atoms with E-state index < -0.39 is 18.2 Å². The summed E-state index contributed by atoms with van der Waals surface area (Å²) in [5.41, 5.74) is 3.28. The molecule has 6 nitrogen and oxygen atoms in total. The molecule has 0 aliphatic carbocycles. The van der Waals surface area contributed by atoms with Crippen LogP contribution in [0.3, 0.4) is 0 Å². The number of aliphatic carboxylic acids is 1. The number of nitrogens with zero attached hydrogens (tertiary/aromatic N) is 2. The molecule has 0 bridgehead atoms. The zero-order valence-corrected chi connectivity index (χ0v) is 21.6. The number of ether oxygens (including phenoxy) is 1. The van der Waals surface area contributed by atoms with E-state index in [1.165, 1.54) is 0 Å². The minimum absolute atomic E-state index is 0.0264. The summed E-state index contributed by atoms with van der Waals surface area (Å²) in [6, 6.07) is 14.9. The monoisotopic (exact) mass is 546 g/mol. The number of aromatic nitrogens is 1. The summed E-state index contributed by atoms with van der Waals surface area (Å²) in [5.74, 6) is -0.717. The molecule has 1 fully saturated rings. The first-order chi connectivity index (χ1) is 17.3. The van der Waals surface area contributed by atoms with Crippen molar-refractivity contribution in [3.8, 4) is 5.69 Å². The van der Waals surface area contributed by atoms with Crippen molar-refractivity contribution in [3.63, 3.8) is 0 Å². The Morgan fingerprint density at radius 1 is 0.972 bits per heavy atom. The van der Waals surface area contributed by atoms with Crippen LogP contribution in [0.15, 0.2) is 54.7 Å². The molecule has 1 saturated heterocycles. The van der Waals surface area contributed by atoms with Gasteiger partial charge in [-0.15, -0.1) is 0 Å². The maximum atomic E-state index is 13.4. The molecule has 3 aromatic rings. The summed E-state index contributed by atoms with van der Waals surface area (Å²) in [7, 11) is 0. The van der Waals surface area contributed by atoms with E-state index in [0.29, 0.717) is 46.6 Å². The number of piperidine rings is 1. The molecule has 9 heteroatoms. The van der Waals surface area contributed by atoms with Gasteiger partial charge in [-0.3, -0.25) is 9.59 Å². The molecule has 36 heavy (non-hydrogen) atoms. The van der Waals surface area contributed by atoms with Crippen molar-refractivity contribution in [1.82, 2.24) is 9.47 Å². The van der Waals surface area contributed by atoms with Crippen LogP contribution in [0.4, 0.5) is 0 Å². The number of likely N-dealkylation sites (tertiary alicyclic amines) is 1. The first-order valence-electron chi connectivity index (χ1n) is 11.9. The van der Waals surface area contributed by atoms with Crippen molar-refractivity contribution < 1.29 is 19.4 Å². The molecule has 0 radical (unpaired) electrons. The van der Waals surface area contributed by atoms with Crippen molar-refractivity contribution in [2.24, 2.45) is 5.92 Å². The highest BCUT2D eigenvalue weighted by Gasteiger charge is 2.34. The van der Waals surface area contributed by atoms with E-state index in [4.69, 9.17) is 44.6 Å². The second kappa shape index (κ2) is 10.5. The number of rotatable bonds is 5. The highest BCUT2D eigenvalue weighted by Crippen LogP contribution is 2.45. The predicted molar refractivity (Wildman–Crippen MR) is 139 cm³/mol. The van der Waals surface area contributed by atoms with Crippen LogP contribution in [0, 0.1) is 5.92 Å². The average Bonchev–Trinajstić information content (AvgIpc) is 3.29. The Hall–Kier alpha value is -2.51. The van der Waals surface area contributed by atoms with Gasteiger partial charge >= 0.3 is 5.97 Å². The number of carboxylic acid groups (broad SMARTS) is 1. The maximum Gasteiger partial charge on any atom is 0.303 e. The largest absolute Gasteiger partial charge is 0.481 e. The van der Waals surface area contributed by atoms with Gasteiger partial charge in [0.1, 0.15) is 12.2 Å². The Kier molecular flexibility index (Phi) is 7.31. The van der Waals surface area contributed by atoms with Crippen LogP contribution in [0.5, 0.6) is 0 Å². The van der Waals surface area contributed by atoms with Gasteiger partial charge in [0, 0.05) is 41.9 Å². The van der Waals surface area contributed by atoms with Crippen LogP contribution < -0.4 is 0 Å². The van der Waals surface area contributed by atoms with E-state index in [-0.39, 0.29) is 24.7 Å². The van der Waals surface area contributed by atoms with Crippen molar-refractivity contribution in [2.75, 3.05) is 13.1 Å². The lowest BCUT2D eigenvalue weighted by molar-refractivity contribution is -0.139. The van der Waals surface area contributed by atoms with Gasteiger partial charge < -0.3 is 19.3 Å². The normalized spacial score (nSPS) is 19.9. The molecule has 188 valence electrons. The van der Waals surface area contributed by atoms with Crippen molar-refractivity contribution in [2.45, 2.75) is 37.9 Å². The number of benzene rings is 2. The van der Waals surface area contributed by atoms with Crippen LogP contribution >= 0.6 is 34.8 Å². The molecule has 0 spiro atoms. The number of amides is 1. The maximum absolute atomic E-state index is 13.4. The zero-order chi connectivity index (χ0) is 25.4. The fourth-order valence-electron chi connectivity index (χ4n) is 5.18. The number of carbonyl (C=O) groups is 2. The highest BCUT2D eigenvalue weighted by molar-refractivity contribution is 6.42. The van der Waals surface area contributed by atoms with Crippen LogP contribution in [0.2, 0.25) is 15.1 Å². The number of carboxylic acids is 1. The predicted octanol–water partition coefficient (Wildman–Crippen LogP) is 6.70. The number of hydrogen-bond donors (Lipinski definition) is 1. The molecular weight excluding hydrogens is 523 g/mol. The van der Waals surface area contributed by atoms with Crippen LogP contribution in [0.1, 0.15) is 54.7 Å². The standard InChI is InChI=1S/C27H25Cl3N2O4/c28-17-6-7-21-19(14-17)27(18-3-1-4-20(29)26(18)30)36-23(22-5-2-10-32(21)22)15-24(33)31-11-8-16(9-12-31)13-25(34)35/h1-7,10,14,16,23,27H,8-9,11-13,15H2,(H,34,35)/t23-,27-/m1/s1. The molecular formula is C27H25Cl3N2O4. The van der Waals surface area contributed by atoms with Gasteiger partial charge in [0.2, 0.25) is 5.91 Å². The van der Waals surface area contributed by atoms with Gasteiger partial charge in [0.05, 0.1) is 27.8 Å². The van der Waals surface area contributed by atoms with E-state index in [1.54, 1.807) is 6.07 Å².